The van der Waals surface area contributed by atoms with Gasteiger partial charge in [0.25, 0.3) is 0 Å². The van der Waals surface area contributed by atoms with Gasteiger partial charge in [-0.05, 0) is 29.8 Å². The maximum absolute atomic E-state index is 12.4. The first kappa shape index (κ1) is 14.2. The highest BCUT2D eigenvalue weighted by atomic mass is 35.5. The van der Waals surface area contributed by atoms with E-state index in [-0.39, 0.29) is 10.6 Å². The Hall–Kier alpha value is -2.19. The molecule has 0 aliphatic carbocycles. The summed E-state index contributed by atoms with van der Waals surface area (Å²) in [5, 5.41) is 8.95. The number of ether oxygens (including phenoxy) is 1. The molecular formula is C14H7ClF3NO. The van der Waals surface area contributed by atoms with Gasteiger partial charge in [-0.15, -0.1) is 13.2 Å². The van der Waals surface area contributed by atoms with Crippen LogP contribution in [0.4, 0.5) is 13.2 Å². The van der Waals surface area contributed by atoms with E-state index in [1.807, 2.05) is 6.07 Å². The maximum atomic E-state index is 12.4. The molecule has 0 heterocycles. The van der Waals surface area contributed by atoms with Crippen LogP contribution in [0.3, 0.4) is 0 Å². The van der Waals surface area contributed by atoms with Crippen LogP contribution in [0.25, 0.3) is 11.1 Å². The summed E-state index contributed by atoms with van der Waals surface area (Å²) < 4.78 is 41.2. The van der Waals surface area contributed by atoms with Gasteiger partial charge in [0, 0.05) is 5.56 Å². The molecule has 0 saturated heterocycles. The minimum absolute atomic E-state index is 0.101. The molecule has 0 radical (unpaired) electrons. The summed E-state index contributed by atoms with van der Waals surface area (Å²) in [6, 6.07) is 12.0. The number of nitriles is 1. The molecular weight excluding hydrogens is 291 g/mol. The molecule has 0 amide bonds. The summed E-state index contributed by atoms with van der Waals surface area (Å²) in [4.78, 5) is 0. The van der Waals surface area contributed by atoms with E-state index in [0.29, 0.717) is 11.1 Å². The van der Waals surface area contributed by atoms with Gasteiger partial charge in [-0.25, -0.2) is 0 Å². The minimum atomic E-state index is -4.81. The lowest BCUT2D eigenvalue weighted by Gasteiger charge is -2.14. The topological polar surface area (TPSA) is 33.0 Å². The molecule has 20 heavy (non-hydrogen) atoms. The third kappa shape index (κ3) is 3.22. The molecule has 0 saturated carbocycles. The molecule has 0 fully saturated rings. The number of rotatable bonds is 2. The van der Waals surface area contributed by atoms with Gasteiger partial charge in [-0.3, -0.25) is 0 Å². The van der Waals surface area contributed by atoms with Crippen molar-refractivity contribution in [2.24, 2.45) is 0 Å². The molecule has 0 spiro atoms. The van der Waals surface area contributed by atoms with Gasteiger partial charge >= 0.3 is 6.36 Å². The van der Waals surface area contributed by atoms with Crippen LogP contribution in [0.1, 0.15) is 5.56 Å². The number of alkyl halides is 3. The second-order valence-corrected chi connectivity index (χ2v) is 4.26. The second-order valence-electron chi connectivity index (χ2n) is 3.85. The number of halogens is 4. The molecule has 2 nitrogen and oxygen atoms in total. The molecule has 2 aromatic carbocycles. The molecule has 102 valence electrons. The Kier molecular flexibility index (Phi) is 3.86. The molecule has 2 rings (SSSR count). The van der Waals surface area contributed by atoms with Gasteiger partial charge in [0.15, 0.2) is 0 Å². The summed E-state index contributed by atoms with van der Waals surface area (Å²) in [7, 11) is 0. The van der Waals surface area contributed by atoms with Crippen molar-refractivity contribution in [2.75, 3.05) is 0 Å². The van der Waals surface area contributed by atoms with Crippen LogP contribution in [0.15, 0.2) is 42.5 Å². The van der Waals surface area contributed by atoms with Crippen LogP contribution in [0, 0.1) is 11.3 Å². The van der Waals surface area contributed by atoms with Crippen LogP contribution < -0.4 is 4.74 Å². The Morgan fingerprint density at radius 2 is 1.80 bits per heavy atom. The van der Waals surface area contributed by atoms with Crippen molar-refractivity contribution in [3.8, 4) is 22.9 Å². The molecule has 0 aromatic heterocycles. The van der Waals surface area contributed by atoms with E-state index in [4.69, 9.17) is 16.9 Å². The van der Waals surface area contributed by atoms with Crippen molar-refractivity contribution in [1.29, 1.82) is 5.26 Å². The van der Waals surface area contributed by atoms with Gasteiger partial charge in [0.1, 0.15) is 5.75 Å². The minimum Gasteiger partial charge on any atom is -0.405 e. The average molecular weight is 298 g/mol. The van der Waals surface area contributed by atoms with Gasteiger partial charge in [-0.2, -0.15) is 5.26 Å². The van der Waals surface area contributed by atoms with E-state index < -0.39 is 12.1 Å². The van der Waals surface area contributed by atoms with Crippen molar-refractivity contribution in [3.05, 3.63) is 53.1 Å². The summed E-state index contributed by atoms with van der Waals surface area (Å²) in [5.74, 6) is -0.403. The molecule has 0 atom stereocenters. The Labute approximate surface area is 118 Å². The molecule has 2 aromatic rings. The SMILES string of the molecule is N#Cc1cccc(-c2c(Cl)cccc2OC(F)(F)F)c1. The monoisotopic (exact) mass is 297 g/mol. The lowest BCUT2D eigenvalue weighted by molar-refractivity contribution is -0.274. The Balaban J connectivity index is 2.58. The van der Waals surface area contributed by atoms with Crippen LogP contribution in [0.2, 0.25) is 5.02 Å². The van der Waals surface area contributed by atoms with E-state index >= 15 is 0 Å². The van der Waals surface area contributed by atoms with E-state index in [2.05, 4.69) is 4.74 Å². The zero-order valence-corrected chi connectivity index (χ0v) is 10.7. The van der Waals surface area contributed by atoms with E-state index in [1.54, 1.807) is 18.2 Å². The molecule has 6 heteroatoms. The quantitative estimate of drug-likeness (QED) is 0.799. The standard InChI is InChI=1S/C14H7ClF3NO/c15-11-5-2-6-12(20-14(16,17)18)13(11)10-4-1-3-9(7-10)8-19/h1-7H. The fourth-order valence-electron chi connectivity index (χ4n) is 1.74. The molecule has 0 N–H and O–H groups in total. The van der Waals surface area contributed by atoms with Gasteiger partial charge < -0.3 is 4.74 Å². The molecule has 0 bridgehead atoms. The zero-order chi connectivity index (χ0) is 14.8. The summed E-state index contributed by atoms with van der Waals surface area (Å²) in [6.07, 6.45) is -4.81. The van der Waals surface area contributed by atoms with E-state index in [1.165, 1.54) is 24.3 Å². The first-order valence-electron chi connectivity index (χ1n) is 5.45. The van der Waals surface area contributed by atoms with Crippen molar-refractivity contribution < 1.29 is 17.9 Å². The third-order valence-corrected chi connectivity index (χ3v) is 2.80. The Bertz CT molecular complexity index is 677. The smallest absolute Gasteiger partial charge is 0.405 e. The van der Waals surface area contributed by atoms with E-state index in [9.17, 15) is 13.2 Å². The lowest BCUT2D eigenvalue weighted by atomic mass is 10.0. The summed E-state index contributed by atoms with van der Waals surface area (Å²) >= 11 is 5.96. The number of hydrogen-bond acceptors (Lipinski definition) is 2. The van der Waals surface area contributed by atoms with Crippen LogP contribution in [0.5, 0.6) is 5.75 Å². The van der Waals surface area contributed by atoms with Crippen molar-refractivity contribution >= 4 is 11.6 Å². The average Bonchev–Trinajstić information content (AvgIpc) is 2.37. The van der Waals surface area contributed by atoms with Gasteiger partial charge in [0.05, 0.1) is 16.7 Å². The Morgan fingerprint density at radius 3 is 2.45 bits per heavy atom. The first-order chi connectivity index (χ1) is 9.40. The van der Waals surface area contributed by atoms with Crippen LogP contribution in [-0.4, -0.2) is 6.36 Å². The highest BCUT2D eigenvalue weighted by Crippen LogP contribution is 2.39. The number of nitrogens with zero attached hydrogens (tertiary/aromatic N) is 1. The second kappa shape index (κ2) is 5.43. The lowest BCUT2D eigenvalue weighted by Crippen LogP contribution is -2.17. The highest BCUT2D eigenvalue weighted by Gasteiger charge is 2.32. The maximum Gasteiger partial charge on any atom is 0.573 e. The normalized spacial score (nSPS) is 10.9. The summed E-state index contributed by atoms with van der Waals surface area (Å²) in [6.45, 7) is 0. The van der Waals surface area contributed by atoms with Crippen molar-refractivity contribution in [2.45, 2.75) is 6.36 Å². The Morgan fingerprint density at radius 1 is 1.10 bits per heavy atom. The highest BCUT2D eigenvalue weighted by molar-refractivity contribution is 6.33. The van der Waals surface area contributed by atoms with Gasteiger partial charge in [0.2, 0.25) is 0 Å². The van der Waals surface area contributed by atoms with E-state index in [0.717, 1.165) is 0 Å². The predicted molar refractivity (Wildman–Crippen MR) is 68.3 cm³/mol. The summed E-state index contributed by atoms with van der Waals surface area (Å²) in [5.41, 5.74) is 0.804. The van der Waals surface area contributed by atoms with Crippen LogP contribution >= 0.6 is 11.6 Å². The largest absolute Gasteiger partial charge is 0.573 e. The van der Waals surface area contributed by atoms with Crippen molar-refractivity contribution in [1.82, 2.24) is 0 Å². The molecule has 0 unspecified atom stereocenters. The number of benzene rings is 2. The fourth-order valence-corrected chi connectivity index (χ4v) is 2.01. The third-order valence-electron chi connectivity index (χ3n) is 2.48. The molecule has 0 aliphatic rings. The fraction of sp³-hybridized carbons (Fsp3) is 0.0714. The van der Waals surface area contributed by atoms with Crippen LogP contribution in [-0.2, 0) is 0 Å². The molecule has 0 aliphatic heterocycles. The first-order valence-corrected chi connectivity index (χ1v) is 5.83. The number of hydrogen-bond donors (Lipinski definition) is 0. The van der Waals surface area contributed by atoms with Crippen molar-refractivity contribution in [3.63, 3.8) is 0 Å². The zero-order valence-electron chi connectivity index (χ0n) is 9.91. The predicted octanol–water partition coefficient (Wildman–Crippen LogP) is 4.78. The van der Waals surface area contributed by atoms with Gasteiger partial charge in [-0.1, -0.05) is 29.8 Å².